The third kappa shape index (κ3) is 3.52. The summed E-state index contributed by atoms with van der Waals surface area (Å²) in [6.45, 7) is 9.26. The third-order valence-electron chi connectivity index (χ3n) is 3.31. The minimum absolute atomic E-state index is 0.209. The molecule has 0 saturated heterocycles. The van der Waals surface area contributed by atoms with Crippen molar-refractivity contribution in [1.82, 2.24) is 5.32 Å². The molecule has 0 fully saturated rings. The Bertz CT molecular complexity index is 400. The number of hydrogen-bond acceptors (Lipinski definition) is 1. The van der Waals surface area contributed by atoms with Gasteiger partial charge in [0.15, 0.2) is 0 Å². The first-order chi connectivity index (χ1) is 8.40. The highest BCUT2D eigenvalue weighted by Gasteiger charge is 2.28. The lowest BCUT2D eigenvalue weighted by Gasteiger charge is -2.27. The highest BCUT2D eigenvalue weighted by atomic mass is 19.1. The Kier molecular flexibility index (Phi) is 5.27. The molecule has 1 rings (SSSR count). The molecule has 1 aromatic carbocycles. The lowest BCUT2D eigenvalue weighted by atomic mass is 9.80. The predicted octanol–water partition coefficient (Wildman–Crippen LogP) is 3.94. The van der Waals surface area contributed by atoms with Gasteiger partial charge in [0.2, 0.25) is 0 Å². The second-order valence-corrected chi connectivity index (χ2v) is 5.44. The molecule has 0 spiro atoms. The highest BCUT2D eigenvalue weighted by molar-refractivity contribution is 5.32. The molecule has 3 heteroatoms. The minimum atomic E-state index is -0.499. The molecule has 18 heavy (non-hydrogen) atoms. The summed E-state index contributed by atoms with van der Waals surface area (Å²) < 4.78 is 27.9. The first kappa shape index (κ1) is 15.1. The average molecular weight is 255 g/mol. The normalized spacial score (nSPS) is 11.9. The Morgan fingerprint density at radius 3 is 2.44 bits per heavy atom. The van der Waals surface area contributed by atoms with Crippen molar-refractivity contribution in [2.24, 2.45) is 0 Å². The van der Waals surface area contributed by atoms with E-state index in [1.54, 1.807) is 6.92 Å². The molecule has 0 atom stereocenters. The summed E-state index contributed by atoms with van der Waals surface area (Å²) in [7, 11) is 0. The number of rotatable bonds is 6. The molecular weight excluding hydrogens is 232 g/mol. The van der Waals surface area contributed by atoms with Crippen LogP contribution in [-0.4, -0.2) is 13.1 Å². The zero-order chi connectivity index (χ0) is 13.8. The Labute approximate surface area is 109 Å². The summed E-state index contributed by atoms with van der Waals surface area (Å²) in [5, 5.41) is 3.27. The molecule has 0 amide bonds. The molecule has 0 unspecified atom stereocenters. The van der Waals surface area contributed by atoms with Gasteiger partial charge < -0.3 is 5.32 Å². The number of halogens is 2. The molecule has 0 aliphatic rings. The molecule has 0 saturated carbocycles. The van der Waals surface area contributed by atoms with Crippen LogP contribution in [0.4, 0.5) is 8.78 Å². The van der Waals surface area contributed by atoms with Gasteiger partial charge in [0.1, 0.15) is 11.6 Å². The zero-order valence-electron chi connectivity index (χ0n) is 11.7. The van der Waals surface area contributed by atoms with Gasteiger partial charge in [-0.05, 0) is 49.9 Å². The van der Waals surface area contributed by atoms with Gasteiger partial charge in [-0.25, -0.2) is 8.78 Å². The molecule has 0 aliphatic carbocycles. The van der Waals surface area contributed by atoms with Gasteiger partial charge in [-0.15, -0.1) is 0 Å². The molecule has 0 radical (unpaired) electrons. The number of nitrogens with one attached hydrogen (secondary N) is 1. The number of hydrogen-bond donors (Lipinski definition) is 1. The average Bonchev–Trinajstić information content (AvgIpc) is 2.30. The van der Waals surface area contributed by atoms with Gasteiger partial charge in [0.05, 0.1) is 0 Å². The van der Waals surface area contributed by atoms with E-state index in [0.717, 1.165) is 19.5 Å². The quantitative estimate of drug-likeness (QED) is 0.759. The predicted molar refractivity (Wildman–Crippen MR) is 71.9 cm³/mol. The maximum Gasteiger partial charge on any atom is 0.132 e. The SMILES string of the molecule is CCCNCCC(C)(C)c1c(F)ccc(C)c1F. The van der Waals surface area contributed by atoms with Crippen LogP contribution in [0.3, 0.4) is 0 Å². The summed E-state index contributed by atoms with van der Waals surface area (Å²) in [5.74, 6) is -0.853. The van der Waals surface area contributed by atoms with Gasteiger partial charge >= 0.3 is 0 Å². The lowest BCUT2D eigenvalue weighted by Crippen LogP contribution is -2.28. The second-order valence-electron chi connectivity index (χ2n) is 5.44. The van der Waals surface area contributed by atoms with Crippen molar-refractivity contribution in [3.8, 4) is 0 Å². The summed E-state index contributed by atoms with van der Waals surface area (Å²) in [6.07, 6.45) is 1.78. The summed E-state index contributed by atoms with van der Waals surface area (Å²) in [5.41, 5.74) is 0.211. The highest BCUT2D eigenvalue weighted by Crippen LogP contribution is 2.32. The zero-order valence-corrected chi connectivity index (χ0v) is 11.7. The monoisotopic (exact) mass is 255 g/mol. The van der Waals surface area contributed by atoms with Crippen molar-refractivity contribution in [2.45, 2.75) is 46.0 Å². The van der Waals surface area contributed by atoms with E-state index >= 15 is 0 Å². The summed E-state index contributed by atoms with van der Waals surface area (Å²) in [4.78, 5) is 0. The Balaban J connectivity index is 2.87. The molecule has 102 valence electrons. The molecular formula is C15H23F2N. The Morgan fingerprint density at radius 1 is 1.17 bits per heavy atom. The third-order valence-corrected chi connectivity index (χ3v) is 3.31. The number of aryl methyl sites for hydroxylation is 1. The van der Waals surface area contributed by atoms with Crippen molar-refractivity contribution >= 4 is 0 Å². The molecule has 0 aliphatic heterocycles. The molecule has 1 aromatic rings. The van der Waals surface area contributed by atoms with Gasteiger partial charge in [0, 0.05) is 5.56 Å². The largest absolute Gasteiger partial charge is 0.317 e. The molecule has 0 heterocycles. The summed E-state index contributed by atoms with van der Waals surface area (Å²) >= 11 is 0. The molecule has 0 aromatic heterocycles. The number of benzene rings is 1. The van der Waals surface area contributed by atoms with E-state index in [4.69, 9.17) is 0 Å². The second kappa shape index (κ2) is 6.28. The van der Waals surface area contributed by atoms with Gasteiger partial charge in [-0.1, -0.05) is 26.8 Å². The van der Waals surface area contributed by atoms with Crippen LogP contribution in [0.25, 0.3) is 0 Å². The van der Waals surface area contributed by atoms with Crippen molar-refractivity contribution in [2.75, 3.05) is 13.1 Å². The van der Waals surface area contributed by atoms with E-state index in [1.165, 1.54) is 12.1 Å². The first-order valence-electron chi connectivity index (χ1n) is 6.56. The van der Waals surface area contributed by atoms with Crippen molar-refractivity contribution in [1.29, 1.82) is 0 Å². The van der Waals surface area contributed by atoms with Crippen LogP contribution in [-0.2, 0) is 5.41 Å². The van der Waals surface area contributed by atoms with E-state index < -0.39 is 17.0 Å². The standard InChI is InChI=1S/C15H23F2N/c1-5-9-18-10-8-15(3,4)13-12(16)7-6-11(2)14(13)17/h6-7,18H,5,8-10H2,1-4H3. The van der Waals surface area contributed by atoms with Crippen LogP contribution in [0.1, 0.15) is 44.7 Å². The van der Waals surface area contributed by atoms with E-state index in [9.17, 15) is 8.78 Å². The van der Waals surface area contributed by atoms with Gasteiger partial charge in [-0.3, -0.25) is 0 Å². The maximum atomic E-state index is 14.1. The van der Waals surface area contributed by atoms with Gasteiger partial charge in [0.25, 0.3) is 0 Å². The van der Waals surface area contributed by atoms with Crippen LogP contribution in [0.2, 0.25) is 0 Å². The first-order valence-corrected chi connectivity index (χ1v) is 6.56. The molecule has 1 nitrogen and oxygen atoms in total. The summed E-state index contributed by atoms with van der Waals surface area (Å²) in [6, 6.07) is 2.84. The topological polar surface area (TPSA) is 12.0 Å². The van der Waals surface area contributed by atoms with Gasteiger partial charge in [-0.2, -0.15) is 0 Å². The molecule has 0 bridgehead atoms. The lowest BCUT2D eigenvalue weighted by molar-refractivity contribution is 0.408. The molecule has 1 N–H and O–H groups in total. The van der Waals surface area contributed by atoms with Crippen LogP contribution in [0.15, 0.2) is 12.1 Å². The van der Waals surface area contributed by atoms with Crippen molar-refractivity contribution < 1.29 is 8.78 Å². The Morgan fingerprint density at radius 2 is 1.83 bits per heavy atom. The fourth-order valence-corrected chi connectivity index (χ4v) is 2.10. The van der Waals surface area contributed by atoms with E-state index in [1.807, 2.05) is 13.8 Å². The van der Waals surface area contributed by atoms with E-state index in [-0.39, 0.29) is 5.56 Å². The van der Waals surface area contributed by atoms with E-state index in [0.29, 0.717) is 12.0 Å². The smallest absolute Gasteiger partial charge is 0.132 e. The Hall–Kier alpha value is -0.960. The maximum absolute atomic E-state index is 14.1. The van der Waals surface area contributed by atoms with Crippen LogP contribution >= 0.6 is 0 Å². The fraction of sp³-hybridized carbons (Fsp3) is 0.600. The van der Waals surface area contributed by atoms with Crippen molar-refractivity contribution in [3.05, 3.63) is 34.9 Å². The van der Waals surface area contributed by atoms with Crippen LogP contribution in [0.5, 0.6) is 0 Å². The van der Waals surface area contributed by atoms with E-state index in [2.05, 4.69) is 12.2 Å². The minimum Gasteiger partial charge on any atom is -0.317 e. The fourth-order valence-electron chi connectivity index (χ4n) is 2.10. The van der Waals surface area contributed by atoms with Crippen molar-refractivity contribution in [3.63, 3.8) is 0 Å². The van der Waals surface area contributed by atoms with Crippen LogP contribution < -0.4 is 5.32 Å². The van der Waals surface area contributed by atoms with Crippen LogP contribution in [0, 0.1) is 18.6 Å².